The Kier molecular flexibility index (Phi) is 2.77. The maximum absolute atomic E-state index is 12.2. The molecule has 98 valence electrons. The van der Waals surface area contributed by atoms with Crippen LogP contribution in [0.15, 0.2) is 17.2 Å². The molecule has 2 aromatic rings. The number of hydrogen-bond acceptors (Lipinski definition) is 5. The molecule has 18 heavy (non-hydrogen) atoms. The van der Waals surface area contributed by atoms with E-state index in [1.54, 1.807) is 27.1 Å². The third-order valence-electron chi connectivity index (χ3n) is 2.63. The summed E-state index contributed by atoms with van der Waals surface area (Å²) in [4.78, 5) is -0.00815. The third kappa shape index (κ3) is 1.92. The van der Waals surface area contributed by atoms with Crippen LogP contribution in [0.4, 0.5) is 11.6 Å². The number of hydrogen-bond donors (Lipinski definition) is 2. The van der Waals surface area contributed by atoms with Crippen molar-refractivity contribution < 1.29 is 8.42 Å². The molecule has 0 saturated carbocycles. The number of nitrogens with one attached hydrogen (secondary N) is 1. The molecule has 0 aliphatic heterocycles. The van der Waals surface area contributed by atoms with Gasteiger partial charge in [0.25, 0.3) is 10.0 Å². The van der Waals surface area contributed by atoms with E-state index in [-0.39, 0.29) is 10.7 Å². The highest BCUT2D eigenvalue weighted by atomic mass is 32.2. The number of nitrogens with two attached hydrogens (primary N) is 1. The third-order valence-corrected chi connectivity index (χ3v) is 4.15. The van der Waals surface area contributed by atoms with E-state index in [9.17, 15) is 8.42 Å². The van der Waals surface area contributed by atoms with Crippen molar-refractivity contribution in [2.75, 3.05) is 10.5 Å². The Hall–Kier alpha value is -2.03. The van der Waals surface area contributed by atoms with Gasteiger partial charge in [-0.25, -0.2) is 8.42 Å². The van der Waals surface area contributed by atoms with E-state index in [0.29, 0.717) is 11.5 Å². The van der Waals surface area contributed by atoms with Gasteiger partial charge in [0.1, 0.15) is 5.82 Å². The molecule has 9 heteroatoms. The minimum atomic E-state index is -3.77. The van der Waals surface area contributed by atoms with E-state index in [2.05, 4.69) is 14.9 Å². The molecule has 0 radical (unpaired) electrons. The summed E-state index contributed by atoms with van der Waals surface area (Å²) in [5.41, 5.74) is 6.10. The molecule has 0 spiro atoms. The SMILES string of the molecule is Cc1c(S(=O)(=O)Nc2ccnn2C)c(N)nn1C. The van der Waals surface area contributed by atoms with Crippen LogP contribution >= 0.6 is 0 Å². The van der Waals surface area contributed by atoms with Crippen LogP contribution in [0.5, 0.6) is 0 Å². The number of nitrogen functional groups attached to an aromatic ring is 1. The highest BCUT2D eigenvalue weighted by Crippen LogP contribution is 2.23. The van der Waals surface area contributed by atoms with Gasteiger partial charge in [0.2, 0.25) is 0 Å². The van der Waals surface area contributed by atoms with Gasteiger partial charge in [-0.05, 0) is 6.92 Å². The molecule has 0 amide bonds. The maximum atomic E-state index is 12.2. The summed E-state index contributed by atoms with van der Waals surface area (Å²) in [6.45, 7) is 1.64. The van der Waals surface area contributed by atoms with Crippen molar-refractivity contribution in [3.8, 4) is 0 Å². The van der Waals surface area contributed by atoms with Crippen molar-refractivity contribution in [1.82, 2.24) is 19.6 Å². The van der Waals surface area contributed by atoms with Crippen LogP contribution in [0.25, 0.3) is 0 Å². The fourth-order valence-electron chi connectivity index (χ4n) is 1.61. The Morgan fingerprint density at radius 2 is 2.00 bits per heavy atom. The topological polar surface area (TPSA) is 108 Å². The molecule has 0 saturated heterocycles. The maximum Gasteiger partial charge on any atom is 0.268 e. The van der Waals surface area contributed by atoms with Crippen LogP contribution in [0.1, 0.15) is 5.69 Å². The van der Waals surface area contributed by atoms with Crippen molar-refractivity contribution in [3.05, 3.63) is 18.0 Å². The Bertz CT molecular complexity index is 684. The molecular formula is C9H14N6O2S. The highest BCUT2D eigenvalue weighted by Gasteiger charge is 2.25. The molecule has 8 nitrogen and oxygen atoms in total. The quantitative estimate of drug-likeness (QED) is 0.806. The largest absolute Gasteiger partial charge is 0.381 e. The van der Waals surface area contributed by atoms with Gasteiger partial charge in [-0.1, -0.05) is 0 Å². The smallest absolute Gasteiger partial charge is 0.268 e. The molecule has 3 N–H and O–H groups in total. The van der Waals surface area contributed by atoms with Crippen molar-refractivity contribution in [1.29, 1.82) is 0 Å². The van der Waals surface area contributed by atoms with Gasteiger partial charge >= 0.3 is 0 Å². The van der Waals surface area contributed by atoms with E-state index in [1.807, 2.05) is 0 Å². The Labute approximate surface area is 104 Å². The second-order valence-corrected chi connectivity index (χ2v) is 5.49. The van der Waals surface area contributed by atoms with Crippen molar-refractivity contribution in [3.63, 3.8) is 0 Å². The fourth-order valence-corrected chi connectivity index (χ4v) is 3.02. The standard InChI is InChI=1S/C9H14N6O2S/c1-6-8(9(10)12-14(6)2)18(16,17)13-7-4-5-11-15(7)3/h4-5,13H,1-3H3,(H2,10,12). The number of sulfonamides is 1. The predicted octanol–water partition coefficient (Wildman–Crippen LogP) is -0.155. The first-order valence-electron chi connectivity index (χ1n) is 5.13. The first-order valence-corrected chi connectivity index (χ1v) is 6.61. The van der Waals surface area contributed by atoms with E-state index in [0.717, 1.165) is 0 Å². The number of aryl methyl sites for hydroxylation is 2. The lowest BCUT2D eigenvalue weighted by Gasteiger charge is -2.07. The molecule has 2 heterocycles. The lowest BCUT2D eigenvalue weighted by molar-refractivity contribution is 0.599. The number of anilines is 2. The van der Waals surface area contributed by atoms with Gasteiger partial charge in [-0.15, -0.1) is 0 Å². The molecule has 0 bridgehead atoms. The first kappa shape index (κ1) is 12.4. The normalized spacial score (nSPS) is 11.7. The number of rotatable bonds is 3. The first-order chi connectivity index (χ1) is 8.33. The number of nitrogens with zero attached hydrogens (tertiary/aromatic N) is 4. The van der Waals surface area contributed by atoms with Crippen LogP contribution in [0, 0.1) is 6.92 Å². The molecule has 0 fully saturated rings. The van der Waals surface area contributed by atoms with Gasteiger partial charge in [-0.3, -0.25) is 14.1 Å². The molecule has 2 rings (SSSR count). The van der Waals surface area contributed by atoms with E-state index in [4.69, 9.17) is 5.73 Å². The van der Waals surface area contributed by atoms with E-state index < -0.39 is 10.0 Å². The summed E-state index contributed by atoms with van der Waals surface area (Å²) in [6.07, 6.45) is 1.50. The average molecular weight is 270 g/mol. The molecule has 0 atom stereocenters. The van der Waals surface area contributed by atoms with Gasteiger partial charge in [0.15, 0.2) is 10.7 Å². The second kappa shape index (κ2) is 4.02. The van der Waals surface area contributed by atoms with Crippen molar-refractivity contribution >= 4 is 21.7 Å². The second-order valence-electron chi connectivity index (χ2n) is 3.87. The van der Waals surface area contributed by atoms with Crippen LogP contribution in [-0.2, 0) is 24.1 Å². The predicted molar refractivity (Wildman–Crippen MR) is 66.4 cm³/mol. The zero-order chi connectivity index (χ0) is 13.5. The Balaban J connectivity index is 2.46. The summed E-state index contributed by atoms with van der Waals surface area (Å²) >= 11 is 0. The number of aromatic nitrogens is 4. The Morgan fingerprint density at radius 3 is 2.44 bits per heavy atom. The summed E-state index contributed by atoms with van der Waals surface area (Å²) < 4.78 is 29.7. The van der Waals surface area contributed by atoms with E-state index in [1.165, 1.54) is 15.6 Å². The molecule has 0 aliphatic rings. The highest BCUT2D eigenvalue weighted by molar-refractivity contribution is 7.93. The summed E-state index contributed by atoms with van der Waals surface area (Å²) in [5.74, 6) is 0.335. The molecule has 0 aliphatic carbocycles. The molecule has 2 aromatic heterocycles. The monoisotopic (exact) mass is 270 g/mol. The summed E-state index contributed by atoms with van der Waals surface area (Å²) in [5, 5.41) is 7.76. The molecule has 0 aromatic carbocycles. The van der Waals surface area contributed by atoms with Crippen LogP contribution in [-0.4, -0.2) is 28.0 Å². The lowest BCUT2D eigenvalue weighted by Crippen LogP contribution is -2.17. The minimum Gasteiger partial charge on any atom is -0.381 e. The zero-order valence-corrected chi connectivity index (χ0v) is 11.1. The minimum absolute atomic E-state index is 0.00815. The van der Waals surface area contributed by atoms with Crippen LogP contribution < -0.4 is 10.5 Å². The van der Waals surface area contributed by atoms with Gasteiger partial charge < -0.3 is 5.73 Å². The van der Waals surface area contributed by atoms with Gasteiger partial charge in [0, 0.05) is 20.2 Å². The zero-order valence-electron chi connectivity index (χ0n) is 10.2. The summed E-state index contributed by atoms with van der Waals surface area (Å²) in [6, 6.07) is 1.56. The Morgan fingerprint density at radius 1 is 1.33 bits per heavy atom. The van der Waals surface area contributed by atoms with Crippen LogP contribution in [0.2, 0.25) is 0 Å². The van der Waals surface area contributed by atoms with Gasteiger partial charge in [0.05, 0.1) is 11.9 Å². The van der Waals surface area contributed by atoms with Gasteiger partial charge in [-0.2, -0.15) is 10.2 Å². The fraction of sp³-hybridized carbons (Fsp3) is 0.333. The lowest BCUT2D eigenvalue weighted by atomic mass is 10.5. The van der Waals surface area contributed by atoms with E-state index >= 15 is 0 Å². The average Bonchev–Trinajstić information content (AvgIpc) is 2.73. The summed E-state index contributed by atoms with van der Waals surface area (Å²) in [7, 11) is -0.495. The van der Waals surface area contributed by atoms with Crippen molar-refractivity contribution in [2.45, 2.75) is 11.8 Å². The molecule has 0 unspecified atom stereocenters. The molecular weight excluding hydrogens is 256 g/mol. The van der Waals surface area contributed by atoms with Crippen molar-refractivity contribution in [2.24, 2.45) is 14.1 Å². The van der Waals surface area contributed by atoms with Crippen LogP contribution in [0.3, 0.4) is 0 Å².